The summed E-state index contributed by atoms with van der Waals surface area (Å²) in [5.41, 5.74) is -1.11. The number of nitrogens with zero attached hydrogens (tertiary/aromatic N) is 1. The van der Waals surface area contributed by atoms with Gasteiger partial charge in [-0.1, -0.05) is 0 Å². The summed E-state index contributed by atoms with van der Waals surface area (Å²) in [5, 5.41) is 38.5. The van der Waals surface area contributed by atoms with E-state index in [1.54, 1.807) is 18.7 Å². The second-order valence-corrected chi connectivity index (χ2v) is 7.35. The molecule has 1 saturated heterocycles. The van der Waals surface area contributed by atoms with Crippen molar-refractivity contribution >= 4 is 5.97 Å². The highest BCUT2D eigenvalue weighted by atomic mass is 16.6. The normalized spacial score (nSPS) is 20.3. The van der Waals surface area contributed by atoms with Gasteiger partial charge in [-0.15, -0.1) is 0 Å². The van der Waals surface area contributed by atoms with E-state index in [-0.39, 0.29) is 58.4 Å². The van der Waals surface area contributed by atoms with Crippen molar-refractivity contribution in [3.63, 3.8) is 0 Å². The van der Waals surface area contributed by atoms with Gasteiger partial charge in [-0.25, -0.2) is 0 Å². The van der Waals surface area contributed by atoms with Gasteiger partial charge in [0.2, 0.25) is 0 Å². The zero-order valence-electron chi connectivity index (χ0n) is 16.0. The first-order valence-electron chi connectivity index (χ1n) is 9.42. The molecule has 0 radical (unpaired) electrons. The van der Waals surface area contributed by atoms with Crippen LogP contribution in [0.4, 0.5) is 0 Å². The van der Waals surface area contributed by atoms with Crippen LogP contribution in [0.15, 0.2) is 0 Å². The number of hydrogen-bond acceptors (Lipinski definition) is 8. The smallest absolute Gasteiger partial charge is 0.313 e. The summed E-state index contributed by atoms with van der Waals surface area (Å²) in [6, 6.07) is 0. The third kappa shape index (κ3) is 7.85. The summed E-state index contributed by atoms with van der Waals surface area (Å²) in [7, 11) is 0. The Balaban J connectivity index is 2.87. The Hall–Kier alpha value is -0.770. The lowest BCUT2D eigenvalue weighted by Crippen LogP contribution is -2.49. The quantitative estimate of drug-likeness (QED) is 0.318. The highest BCUT2D eigenvalue weighted by molar-refractivity contribution is 5.77. The van der Waals surface area contributed by atoms with Crippen LogP contribution in [0.1, 0.15) is 39.5 Å². The Morgan fingerprint density at radius 2 is 1.77 bits per heavy atom. The first-order valence-corrected chi connectivity index (χ1v) is 9.42. The monoisotopic (exact) mass is 377 g/mol. The Labute approximate surface area is 155 Å². The molecule has 0 aliphatic carbocycles. The third-order valence-electron chi connectivity index (χ3n) is 4.61. The molecule has 0 bridgehead atoms. The zero-order valence-corrected chi connectivity index (χ0v) is 16.0. The minimum absolute atomic E-state index is 0.106. The van der Waals surface area contributed by atoms with Crippen LogP contribution in [0.2, 0.25) is 0 Å². The molecule has 0 saturated carbocycles. The minimum atomic E-state index is -1.11. The van der Waals surface area contributed by atoms with Gasteiger partial charge in [0.15, 0.2) is 0 Å². The van der Waals surface area contributed by atoms with Crippen molar-refractivity contribution in [3.05, 3.63) is 0 Å². The molecule has 26 heavy (non-hydrogen) atoms. The fraction of sp³-hybridized carbons (Fsp3) is 0.944. The minimum Gasteiger partial charge on any atom is -0.462 e. The van der Waals surface area contributed by atoms with Crippen molar-refractivity contribution in [2.75, 3.05) is 46.1 Å². The molecule has 1 aliphatic rings. The molecule has 1 rings (SSSR count). The van der Waals surface area contributed by atoms with Gasteiger partial charge >= 0.3 is 5.97 Å². The maximum atomic E-state index is 12.9. The van der Waals surface area contributed by atoms with Gasteiger partial charge in [0, 0.05) is 39.5 Å². The highest BCUT2D eigenvalue weighted by Crippen LogP contribution is 2.30. The molecule has 3 atom stereocenters. The average molecular weight is 377 g/mol. The number of ether oxygens (including phenoxy) is 2. The third-order valence-corrected chi connectivity index (χ3v) is 4.61. The summed E-state index contributed by atoms with van der Waals surface area (Å²) in [5.74, 6) is -0.489. The summed E-state index contributed by atoms with van der Waals surface area (Å²) in [6.07, 6.45) is 0.663. The van der Waals surface area contributed by atoms with E-state index in [1.165, 1.54) is 0 Å². The van der Waals surface area contributed by atoms with Gasteiger partial charge in [0.05, 0.1) is 23.7 Å². The molecule has 1 heterocycles. The predicted molar refractivity (Wildman–Crippen MR) is 95.6 cm³/mol. The van der Waals surface area contributed by atoms with E-state index in [2.05, 4.69) is 0 Å². The fourth-order valence-electron chi connectivity index (χ4n) is 3.46. The molecule has 0 aromatic rings. The summed E-state index contributed by atoms with van der Waals surface area (Å²) < 4.78 is 10.9. The second kappa shape index (κ2) is 11.8. The van der Waals surface area contributed by atoms with E-state index in [0.29, 0.717) is 6.61 Å². The number of rotatable bonds is 13. The van der Waals surface area contributed by atoms with E-state index in [1.807, 2.05) is 0 Å². The summed E-state index contributed by atoms with van der Waals surface area (Å²) in [6.45, 7) is 4.33. The fourth-order valence-corrected chi connectivity index (χ4v) is 3.46. The molecule has 4 N–H and O–H groups in total. The lowest BCUT2D eigenvalue weighted by Gasteiger charge is -2.37. The van der Waals surface area contributed by atoms with Gasteiger partial charge in [0.25, 0.3) is 0 Å². The molecule has 154 valence electrons. The summed E-state index contributed by atoms with van der Waals surface area (Å²) in [4.78, 5) is 14.6. The van der Waals surface area contributed by atoms with Crippen LogP contribution in [0, 0.1) is 5.41 Å². The van der Waals surface area contributed by atoms with Crippen molar-refractivity contribution in [2.45, 2.75) is 57.8 Å². The highest BCUT2D eigenvalue weighted by Gasteiger charge is 2.41. The van der Waals surface area contributed by atoms with Crippen molar-refractivity contribution in [1.29, 1.82) is 0 Å². The van der Waals surface area contributed by atoms with Crippen LogP contribution in [-0.2, 0) is 14.3 Å². The van der Waals surface area contributed by atoms with Gasteiger partial charge in [-0.05, 0) is 39.5 Å². The molecule has 8 heteroatoms. The number of hydrogen-bond donors (Lipinski definition) is 4. The van der Waals surface area contributed by atoms with E-state index in [9.17, 15) is 25.2 Å². The number of carbonyl (C=O) groups excluding carboxylic acids is 1. The number of esters is 1. The largest absolute Gasteiger partial charge is 0.462 e. The van der Waals surface area contributed by atoms with E-state index in [0.717, 1.165) is 12.8 Å². The van der Waals surface area contributed by atoms with Crippen LogP contribution in [0.5, 0.6) is 0 Å². The Morgan fingerprint density at radius 1 is 1.19 bits per heavy atom. The predicted octanol–water partition coefficient (Wildman–Crippen LogP) is -0.477. The molecular formula is C18H35NO7. The van der Waals surface area contributed by atoms with E-state index < -0.39 is 23.6 Å². The maximum Gasteiger partial charge on any atom is 0.313 e. The van der Waals surface area contributed by atoms with Crippen LogP contribution in [0.3, 0.4) is 0 Å². The van der Waals surface area contributed by atoms with Crippen LogP contribution in [0.25, 0.3) is 0 Å². The van der Waals surface area contributed by atoms with Gasteiger partial charge in [-0.3, -0.25) is 9.69 Å². The van der Waals surface area contributed by atoms with E-state index >= 15 is 0 Å². The average Bonchev–Trinajstić information content (AvgIpc) is 3.05. The lowest BCUT2D eigenvalue weighted by molar-refractivity contribution is -0.163. The lowest BCUT2D eigenvalue weighted by atomic mass is 9.80. The molecule has 1 fully saturated rings. The summed E-state index contributed by atoms with van der Waals surface area (Å²) >= 11 is 0. The first-order chi connectivity index (χ1) is 12.3. The molecule has 0 spiro atoms. The first kappa shape index (κ1) is 23.3. The molecule has 8 nitrogen and oxygen atoms in total. The number of aliphatic hydroxyl groups is 4. The van der Waals surface area contributed by atoms with Crippen LogP contribution < -0.4 is 0 Å². The Kier molecular flexibility index (Phi) is 10.6. The molecule has 0 aromatic carbocycles. The van der Waals surface area contributed by atoms with Gasteiger partial charge in [-0.2, -0.15) is 0 Å². The zero-order chi connectivity index (χ0) is 19.6. The topological polar surface area (TPSA) is 120 Å². The SMILES string of the molecule is CC(O)CN(CC(C)O)CC(CCO)(CCO)C(=O)OCC1CCCO1. The molecular weight excluding hydrogens is 342 g/mol. The standard InChI is InChI=1S/C18H35NO7/c1-14(22)10-19(11-15(2)23)13-18(5-7-20,6-8-21)17(24)26-12-16-4-3-9-25-16/h14-16,20-23H,3-13H2,1-2H3. The molecule has 0 aromatic heterocycles. The van der Waals surface area contributed by atoms with E-state index in [4.69, 9.17) is 9.47 Å². The van der Waals surface area contributed by atoms with Crippen molar-refractivity contribution < 1.29 is 34.7 Å². The Morgan fingerprint density at radius 3 is 2.19 bits per heavy atom. The number of carbonyl (C=O) groups is 1. The Bertz CT molecular complexity index is 381. The molecule has 0 amide bonds. The van der Waals surface area contributed by atoms with Crippen LogP contribution >= 0.6 is 0 Å². The molecule has 1 aliphatic heterocycles. The number of aliphatic hydroxyl groups excluding tert-OH is 4. The van der Waals surface area contributed by atoms with Crippen molar-refractivity contribution in [3.8, 4) is 0 Å². The second-order valence-electron chi connectivity index (χ2n) is 7.35. The van der Waals surface area contributed by atoms with Gasteiger partial charge in [0.1, 0.15) is 6.61 Å². The van der Waals surface area contributed by atoms with Gasteiger partial charge < -0.3 is 29.9 Å². The van der Waals surface area contributed by atoms with Crippen LogP contribution in [-0.4, -0.2) is 95.7 Å². The maximum absolute atomic E-state index is 12.9. The van der Waals surface area contributed by atoms with Crippen molar-refractivity contribution in [1.82, 2.24) is 4.90 Å². The molecule has 3 unspecified atom stereocenters. The van der Waals surface area contributed by atoms with Crippen molar-refractivity contribution in [2.24, 2.45) is 5.41 Å².